The maximum Gasteiger partial charge on any atom is 0.306 e. The molecular weight excluding hydrogens is 767 g/mol. The lowest BCUT2D eigenvalue weighted by Crippen LogP contribution is -2.46. The standard InChI is InChI=1S/C56H107NO5/c1-4-7-10-13-16-19-22-24-26-27-29-30-33-35-38-41-44-47-52(62-56(61)49-46-43-40-37-34-31-28-25-23-20-17-14-11-8-5-2)50-55(60)57-53(51-58)54(59)48-45-42-39-36-32-21-18-15-12-9-6-3/h17,20,23,25,52-54,58-59H,4-16,18-19,21-22,24,26-51H2,1-3H3,(H,57,60)/b20-17+,25-23+. The number of allylic oxidation sites excluding steroid dienone is 4. The maximum absolute atomic E-state index is 13.2. The van der Waals surface area contributed by atoms with Crippen LogP contribution in [0.15, 0.2) is 24.3 Å². The molecule has 0 rings (SSSR count). The molecule has 0 aliphatic rings. The largest absolute Gasteiger partial charge is 0.462 e. The average molecular weight is 874 g/mol. The zero-order valence-corrected chi connectivity index (χ0v) is 41.8. The number of hydrogen-bond acceptors (Lipinski definition) is 5. The molecule has 0 saturated carbocycles. The van der Waals surface area contributed by atoms with Gasteiger partial charge in [0, 0.05) is 6.42 Å². The Morgan fingerprint density at radius 2 is 0.806 bits per heavy atom. The van der Waals surface area contributed by atoms with Gasteiger partial charge in [0.05, 0.1) is 25.2 Å². The minimum atomic E-state index is -0.785. The maximum atomic E-state index is 13.2. The molecule has 0 spiro atoms. The lowest BCUT2D eigenvalue weighted by Gasteiger charge is -2.24. The van der Waals surface area contributed by atoms with Crippen LogP contribution in [0.4, 0.5) is 0 Å². The molecule has 0 saturated heterocycles. The molecule has 6 nitrogen and oxygen atoms in total. The highest BCUT2D eigenvalue weighted by atomic mass is 16.5. The quantitative estimate of drug-likeness (QED) is 0.0321. The molecule has 0 radical (unpaired) electrons. The van der Waals surface area contributed by atoms with E-state index in [0.717, 1.165) is 51.4 Å². The molecule has 0 aromatic heterocycles. The van der Waals surface area contributed by atoms with Gasteiger partial charge in [0.15, 0.2) is 0 Å². The van der Waals surface area contributed by atoms with E-state index < -0.39 is 18.2 Å². The average Bonchev–Trinajstić information content (AvgIpc) is 3.26. The SMILES string of the molecule is CCCCC/C=C/C=C/CCCCCCCCC(=O)OC(CCCCCCCCCCCCCCCCCCC)CC(=O)NC(CO)C(O)CCCCCCCCCCCCC. The Labute approximate surface area is 386 Å². The van der Waals surface area contributed by atoms with Gasteiger partial charge in [0.2, 0.25) is 5.91 Å². The first-order valence-corrected chi connectivity index (χ1v) is 27.6. The van der Waals surface area contributed by atoms with Crippen molar-refractivity contribution in [1.82, 2.24) is 5.32 Å². The fourth-order valence-corrected chi connectivity index (χ4v) is 8.60. The Morgan fingerprint density at radius 3 is 1.23 bits per heavy atom. The molecule has 366 valence electrons. The molecule has 0 aromatic rings. The number of carbonyl (C=O) groups excluding carboxylic acids is 2. The van der Waals surface area contributed by atoms with Gasteiger partial charge < -0.3 is 20.3 Å². The second kappa shape index (κ2) is 50.3. The van der Waals surface area contributed by atoms with Gasteiger partial charge in [0.25, 0.3) is 0 Å². The smallest absolute Gasteiger partial charge is 0.306 e. The normalized spacial score (nSPS) is 13.3. The van der Waals surface area contributed by atoms with Crippen LogP contribution in [-0.4, -0.2) is 46.9 Å². The van der Waals surface area contributed by atoms with E-state index in [4.69, 9.17) is 4.74 Å². The molecule has 62 heavy (non-hydrogen) atoms. The van der Waals surface area contributed by atoms with Gasteiger partial charge in [-0.1, -0.05) is 257 Å². The molecule has 0 heterocycles. The predicted octanol–water partition coefficient (Wildman–Crippen LogP) is 16.7. The van der Waals surface area contributed by atoms with Crippen molar-refractivity contribution < 1.29 is 24.5 Å². The van der Waals surface area contributed by atoms with E-state index in [9.17, 15) is 19.8 Å². The van der Waals surface area contributed by atoms with E-state index in [2.05, 4.69) is 50.4 Å². The minimum absolute atomic E-state index is 0.0787. The zero-order chi connectivity index (χ0) is 45.2. The van der Waals surface area contributed by atoms with E-state index in [-0.39, 0.29) is 24.9 Å². The summed E-state index contributed by atoms with van der Waals surface area (Å²) < 4.78 is 5.95. The Kier molecular flexibility index (Phi) is 49.0. The summed E-state index contributed by atoms with van der Waals surface area (Å²) in [6.45, 7) is 6.48. The minimum Gasteiger partial charge on any atom is -0.462 e. The highest BCUT2D eigenvalue weighted by Crippen LogP contribution is 2.19. The van der Waals surface area contributed by atoms with Crippen molar-refractivity contribution in [1.29, 1.82) is 0 Å². The fourth-order valence-electron chi connectivity index (χ4n) is 8.60. The van der Waals surface area contributed by atoms with Gasteiger partial charge in [-0.2, -0.15) is 0 Å². The second-order valence-electron chi connectivity index (χ2n) is 19.0. The molecule has 6 heteroatoms. The summed E-state index contributed by atoms with van der Waals surface area (Å²) in [5.74, 6) is -0.470. The van der Waals surface area contributed by atoms with Gasteiger partial charge in [-0.25, -0.2) is 0 Å². The Hall–Kier alpha value is -1.66. The molecule has 0 aliphatic heterocycles. The van der Waals surface area contributed by atoms with Crippen LogP contribution in [0.5, 0.6) is 0 Å². The van der Waals surface area contributed by atoms with Crippen molar-refractivity contribution in [2.75, 3.05) is 6.61 Å². The van der Waals surface area contributed by atoms with Gasteiger partial charge in [-0.3, -0.25) is 9.59 Å². The van der Waals surface area contributed by atoms with E-state index in [1.165, 1.54) is 199 Å². The van der Waals surface area contributed by atoms with Crippen molar-refractivity contribution in [2.45, 2.75) is 315 Å². The first kappa shape index (κ1) is 60.3. The van der Waals surface area contributed by atoms with Crippen LogP contribution in [0.1, 0.15) is 297 Å². The van der Waals surface area contributed by atoms with E-state index >= 15 is 0 Å². The van der Waals surface area contributed by atoms with Gasteiger partial charge in [-0.15, -0.1) is 0 Å². The Balaban J connectivity index is 4.55. The molecule has 0 bridgehead atoms. The number of amides is 1. The topological polar surface area (TPSA) is 95.9 Å². The summed E-state index contributed by atoms with van der Waals surface area (Å²) in [6.07, 6.45) is 58.1. The number of aliphatic hydroxyl groups is 2. The summed E-state index contributed by atoms with van der Waals surface area (Å²) in [6, 6.07) is -0.699. The van der Waals surface area contributed by atoms with Gasteiger partial charge >= 0.3 is 5.97 Å². The summed E-state index contributed by atoms with van der Waals surface area (Å²) in [4.78, 5) is 26.2. The highest BCUT2D eigenvalue weighted by Gasteiger charge is 2.24. The lowest BCUT2D eigenvalue weighted by atomic mass is 10.0. The van der Waals surface area contributed by atoms with Crippen molar-refractivity contribution >= 4 is 11.9 Å². The predicted molar refractivity (Wildman–Crippen MR) is 269 cm³/mol. The molecule has 0 aromatic carbocycles. The number of hydrogen-bond donors (Lipinski definition) is 3. The van der Waals surface area contributed by atoms with Crippen molar-refractivity contribution in [2.24, 2.45) is 0 Å². The van der Waals surface area contributed by atoms with Gasteiger partial charge in [-0.05, 0) is 51.4 Å². The second-order valence-corrected chi connectivity index (χ2v) is 19.0. The zero-order valence-electron chi connectivity index (χ0n) is 41.8. The molecular formula is C56H107NO5. The molecule has 3 N–H and O–H groups in total. The van der Waals surface area contributed by atoms with Crippen LogP contribution in [0, 0.1) is 0 Å². The number of rotatable bonds is 50. The van der Waals surface area contributed by atoms with Crippen molar-refractivity contribution in [3.63, 3.8) is 0 Å². The summed E-state index contributed by atoms with van der Waals surface area (Å²) in [7, 11) is 0. The van der Waals surface area contributed by atoms with E-state index in [0.29, 0.717) is 19.3 Å². The molecule has 0 aliphatic carbocycles. The van der Waals surface area contributed by atoms with E-state index in [1.807, 2.05) is 0 Å². The van der Waals surface area contributed by atoms with Crippen LogP contribution in [0.2, 0.25) is 0 Å². The van der Waals surface area contributed by atoms with Crippen LogP contribution in [-0.2, 0) is 14.3 Å². The van der Waals surface area contributed by atoms with Gasteiger partial charge in [0.1, 0.15) is 6.10 Å². The van der Waals surface area contributed by atoms with Crippen molar-refractivity contribution in [3.05, 3.63) is 24.3 Å². The first-order valence-electron chi connectivity index (χ1n) is 27.6. The number of ether oxygens (including phenoxy) is 1. The summed E-state index contributed by atoms with van der Waals surface area (Å²) in [5.41, 5.74) is 0. The third kappa shape index (κ3) is 44.9. The van der Waals surface area contributed by atoms with Crippen LogP contribution < -0.4 is 5.32 Å². The van der Waals surface area contributed by atoms with Crippen molar-refractivity contribution in [3.8, 4) is 0 Å². The molecule has 1 amide bonds. The number of aliphatic hydroxyl groups excluding tert-OH is 2. The molecule has 3 unspecified atom stereocenters. The monoisotopic (exact) mass is 874 g/mol. The van der Waals surface area contributed by atoms with Crippen LogP contribution in [0.25, 0.3) is 0 Å². The number of unbranched alkanes of at least 4 members (excludes halogenated alkanes) is 35. The first-order chi connectivity index (χ1) is 30.5. The number of carbonyl (C=O) groups is 2. The summed E-state index contributed by atoms with van der Waals surface area (Å²) >= 11 is 0. The number of esters is 1. The number of nitrogens with one attached hydrogen (secondary N) is 1. The third-order valence-electron chi connectivity index (χ3n) is 12.8. The third-order valence-corrected chi connectivity index (χ3v) is 12.8. The highest BCUT2D eigenvalue weighted by molar-refractivity contribution is 5.77. The van der Waals surface area contributed by atoms with E-state index in [1.54, 1.807) is 0 Å². The Morgan fingerprint density at radius 1 is 0.468 bits per heavy atom. The van der Waals surface area contributed by atoms with Crippen LogP contribution in [0.3, 0.4) is 0 Å². The lowest BCUT2D eigenvalue weighted by molar-refractivity contribution is -0.151. The van der Waals surface area contributed by atoms with Crippen LogP contribution >= 0.6 is 0 Å². The fraction of sp³-hybridized carbons (Fsp3) is 0.893. The molecule has 3 atom stereocenters. The summed E-state index contributed by atoms with van der Waals surface area (Å²) in [5, 5.41) is 23.8. The molecule has 0 fully saturated rings. The Bertz CT molecular complexity index is 981.